The van der Waals surface area contributed by atoms with Gasteiger partial charge in [0.05, 0.1) is 7.11 Å². The normalized spacial score (nSPS) is 25.6. The first-order chi connectivity index (χ1) is 6.72. The molecule has 76 valence electrons. The van der Waals surface area contributed by atoms with E-state index in [4.69, 9.17) is 4.74 Å². The molecule has 0 aliphatic heterocycles. The summed E-state index contributed by atoms with van der Waals surface area (Å²) in [5.41, 5.74) is 0. The molecule has 3 heteroatoms. The van der Waals surface area contributed by atoms with E-state index < -0.39 is 0 Å². The second-order valence-electron chi connectivity index (χ2n) is 3.96. The number of Topliss-reactive ketones (excluding diaryl/α,β-unsaturated/α-hetero) is 1. The third-order valence-electron chi connectivity index (χ3n) is 2.82. The van der Waals surface area contributed by atoms with E-state index in [0.29, 0.717) is 0 Å². The largest absolute Gasteiger partial charge is 0.495 e. The highest BCUT2D eigenvalue weighted by Gasteiger charge is 2.33. The molecule has 0 unspecified atom stereocenters. The molecule has 0 aromatic carbocycles. The molecule has 0 saturated heterocycles. The zero-order valence-corrected chi connectivity index (χ0v) is 9.26. The van der Waals surface area contributed by atoms with Crippen LogP contribution in [0.2, 0.25) is 0 Å². The van der Waals surface area contributed by atoms with Crippen LogP contribution < -0.4 is 4.74 Å². The second-order valence-corrected chi connectivity index (χ2v) is 4.87. The first-order valence-corrected chi connectivity index (χ1v) is 5.76. The summed E-state index contributed by atoms with van der Waals surface area (Å²) in [5.74, 6) is 1.97. The van der Waals surface area contributed by atoms with Gasteiger partial charge in [0.15, 0.2) is 5.78 Å². The molecule has 1 fully saturated rings. The molecule has 0 amide bonds. The van der Waals surface area contributed by atoms with Gasteiger partial charge in [0.25, 0.3) is 0 Å². The number of ketones is 1. The van der Waals surface area contributed by atoms with E-state index >= 15 is 0 Å². The second kappa shape index (κ2) is 3.73. The maximum atomic E-state index is 11.9. The Kier molecular flexibility index (Phi) is 2.59. The van der Waals surface area contributed by atoms with Gasteiger partial charge in [-0.3, -0.25) is 4.79 Å². The Hall–Kier alpha value is -0.830. The molecule has 14 heavy (non-hydrogen) atoms. The number of rotatable bonds is 3. The highest BCUT2D eigenvalue weighted by Crippen LogP contribution is 2.38. The van der Waals surface area contributed by atoms with Crippen LogP contribution in [0.4, 0.5) is 0 Å². The maximum Gasteiger partial charge on any atom is 0.179 e. The van der Waals surface area contributed by atoms with Crippen molar-refractivity contribution in [1.29, 1.82) is 0 Å². The van der Waals surface area contributed by atoms with Gasteiger partial charge in [-0.2, -0.15) is 0 Å². The fourth-order valence-electron chi connectivity index (χ4n) is 1.94. The summed E-state index contributed by atoms with van der Waals surface area (Å²) in [7, 11) is 1.61. The molecule has 0 N–H and O–H groups in total. The maximum absolute atomic E-state index is 11.9. The van der Waals surface area contributed by atoms with Crippen LogP contribution in [-0.2, 0) is 0 Å². The van der Waals surface area contributed by atoms with Crippen molar-refractivity contribution in [1.82, 2.24) is 0 Å². The van der Waals surface area contributed by atoms with Crippen LogP contribution in [0.15, 0.2) is 11.4 Å². The van der Waals surface area contributed by atoms with E-state index in [1.165, 1.54) is 11.3 Å². The van der Waals surface area contributed by atoms with Crippen LogP contribution in [0.5, 0.6) is 5.75 Å². The van der Waals surface area contributed by atoms with Gasteiger partial charge in [-0.25, -0.2) is 0 Å². The first kappa shape index (κ1) is 9.71. The van der Waals surface area contributed by atoms with Gasteiger partial charge < -0.3 is 4.74 Å². The molecule has 0 bridgehead atoms. The SMILES string of the molecule is COc1ccsc1C(=O)C1CC(C)C1. The van der Waals surface area contributed by atoms with Crippen molar-refractivity contribution in [3.05, 3.63) is 16.3 Å². The Labute approximate surface area is 87.9 Å². The topological polar surface area (TPSA) is 26.3 Å². The van der Waals surface area contributed by atoms with Gasteiger partial charge in [-0.15, -0.1) is 11.3 Å². The van der Waals surface area contributed by atoms with Gasteiger partial charge in [0.2, 0.25) is 0 Å². The molecule has 2 nitrogen and oxygen atoms in total. The summed E-state index contributed by atoms with van der Waals surface area (Å²) in [6.07, 6.45) is 2.08. The molecule has 2 rings (SSSR count). The fourth-order valence-corrected chi connectivity index (χ4v) is 2.82. The minimum atomic E-state index is 0.248. The van der Waals surface area contributed by atoms with E-state index in [2.05, 4.69) is 6.92 Å². The van der Waals surface area contributed by atoms with Crippen molar-refractivity contribution in [2.24, 2.45) is 11.8 Å². The summed E-state index contributed by atoms with van der Waals surface area (Å²) in [6, 6.07) is 1.86. The smallest absolute Gasteiger partial charge is 0.179 e. The van der Waals surface area contributed by atoms with Crippen LogP contribution in [0.1, 0.15) is 29.4 Å². The van der Waals surface area contributed by atoms with Crippen molar-refractivity contribution in [2.45, 2.75) is 19.8 Å². The molecule has 1 aromatic rings. The van der Waals surface area contributed by atoms with E-state index in [1.54, 1.807) is 7.11 Å². The van der Waals surface area contributed by atoms with Gasteiger partial charge in [-0.1, -0.05) is 6.92 Å². The van der Waals surface area contributed by atoms with E-state index in [-0.39, 0.29) is 11.7 Å². The summed E-state index contributed by atoms with van der Waals surface area (Å²) >= 11 is 1.49. The molecule has 1 aromatic heterocycles. The van der Waals surface area contributed by atoms with E-state index in [9.17, 15) is 4.79 Å². The third kappa shape index (κ3) is 1.57. The summed E-state index contributed by atoms with van der Waals surface area (Å²) in [4.78, 5) is 12.7. The molecule has 1 aliphatic rings. The zero-order chi connectivity index (χ0) is 10.1. The summed E-state index contributed by atoms with van der Waals surface area (Å²) < 4.78 is 5.14. The number of thiophene rings is 1. The first-order valence-electron chi connectivity index (χ1n) is 4.88. The van der Waals surface area contributed by atoms with E-state index in [0.717, 1.165) is 29.4 Å². The summed E-state index contributed by atoms with van der Waals surface area (Å²) in [6.45, 7) is 2.19. The van der Waals surface area contributed by atoms with Crippen molar-refractivity contribution in [2.75, 3.05) is 7.11 Å². The lowest BCUT2D eigenvalue weighted by Crippen LogP contribution is -2.28. The Bertz CT molecular complexity index is 337. The van der Waals surface area contributed by atoms with Crippen LogP contribution in [-0.4, -0.2) is 12.9 Å². The van der Waals surface area contributed by atoms with Crippen molar-refractivity contribution in [3.8, 4) is 5.75 Å². The Morgan fingerprint density at radius 3 is 2.86 bits per heavy atom. The molecular formula is C11H14O2S. The minimum Gasteiger partial charge on any atom is -0.495 e. The lowest BCUT2D eigenvalue weighted by Gasteiger charge is -2.31. The Morgan fingerprint density at radius 2 is 2.29 bits per heavy atom. The number of carbonyl (C=O) groups is 1. The molecule has 1 saturated carbocycles. The standard InChI is InChI=1S/C11H14O2S/c1-7-5-8(6-7)10(12)11-9(13-2)3-4-14-11/h3-4,7-8H,5-6H2,1-2H3. The molecule has 0 radical (unpaired) electrons. The highest BCUT2D eigenvalue weighted by molar-refractivity contribution is 7.12. The fraction of sp³-hybridized carbons (Fsp3) is 0.545. The van der Waals surface area contributed by atoms with Crippen molar-refractivity contribution >= 4 is 17.1 Å². The van der Waals surface area contributed by atoms with Crippen LogP contribution >= 0.6 is 11.3 Å². The lowest BCUT2D eigenvalue weighted by molar-refractivity contribution is 0.0793. The molecule has 1 heterocycles. The number of hydrogen-bond donors (Lipinski definition) is 0. The third-order valence-corrected chi connectivity index (χ3v) is 3.73. The molecule has 0 atom stereocenters. The van der Waals surface area contributed by atoms with Gasteiger partial charge in [0, 0.05) is 5.92 Å². The van der Waals surface area contributed by atoms with Crippen LogP contribution in [0.3, 0.4) is 0 Å². The monoisotopic (exact) mass is 210 g/mol. The van der Waals surface area contributed by atoms with Gasteiger partial charge in [-0.05, 0) is 30.2 Å². The Balaban J connectivity index is 2.11. The predicted octanol–water partition coefficient (Wildman–Crippen LogP) is 2.99. The average Bonchev–Trinajstić information content (AvgIpc) is 2.59. The Morgan fingerprint density at radius 1 is 1.57 bits per heavy atom. The number of carbonyl (C=O) groups excluding carboxylic acids is 1. The van der Waals surface area contributed by atoms with Gasteiger partial charge >= 0.3 is 0 Å². The lowest BCUT2D eigenvalue weighted by atomic mass is 9.73. The number of methoxy groups -OCH3 is 1. The number of hydrogen-bond acceptors (Lipinski definition) is 3. The van der Waals surface area contributed by atoms with Crippen LogP contribution in [0.25, 0.3) is 0 Å². The molecular weight excluding hydrogens is 196 g/mol. The van der Waals surface area contributed by atoms with Gasteiger partial charge in [0.1, 0.15) is 10.6 Å². The van der Waals surface area contributed by atoms with Crippen molar-refractivity contribution < 1.29 is 9.53 Å². The zero-order valence-electron chi connectivity index (χ0n) is 8.45. The predicted molar refractivity (Wildman–Crippen MR) is 57.1 cm³/mol. The average molecular weight is 210 g/mol. The quantitative estimate of drug-likeness (QED) is 0.717. The molecule has 1 aliphatic carbocycles. The summed E-state index contributed by atoms with van der Waals surface area (Å²) in [5, 5.41) is 1.91. The van der Waals surface area contributed by atoms with Crippen molar-refractivity contribution in [3.63, 3.8) is 0 Å². The minimum absolute atomic E-state index is 0.248. The number of ether oxygens (including phenoxy) is 1. The van der Waals surface area contributed by atoms with E-state index in [1.807, 2.05) is 11.4 Å². The van der Waals surface area contributed by atoms with Crippen LogP contribution in [0, 0.1) is 11.8 Å². The highest BCUT2D eigenvalue weighted by atomic mass is 32.1. The molecule has 0 spiro atoms.